The lowest BCUT2D eigenvalue weighted by atomic mass is 10.1. The van der Waals surface area contributed by atoms with Gasteiger partial charge in [-0.3, -0.25) is 0 Å². The molecule has 1 N–H and O–H groups in total. The fourth-order valence-corrected chi connectivity index (χ4v) is 1.40. The standard InChI is InChI=1S/C13H17F2NO/c1-10(9-16-5-6-17-2)7-11-3-4-12(14)13(15)8-11/h3-4,7-8,16H,5-6,9H2,1-2H3. The molecule has 0 fully saturated rings. The van der Waals surface area contributed by atoms with Crippen molar-refractivity contribution in [1.29, 1.82) is 0 Å². The van der Waals surface area contributed by atoms with Crippen LogP contribution in [0.3, 0.4) is 0 Å². The Hall–Kier alpha value is -1.26. The normalized spacial score (nSPS) is 11.9. The van der Waals surface area contributed by atoms with Gasteiger partial charge in [0.05, 0.1) is 6.61 Å². The molecule has 4 heteroatoms. The molecule has 0 bridgehead atoms. The minimum atomic E-state index is -0.821. The van der Waals surface area contributed by atoms with Crippen LogP contribution in [-0.4, -0.2) is 26.8 Å². The van der Waals surface area contributed by atoms with Crippen LogP contribution in [0.4, 0.5) is 8.78 Å². The van der Waals surface area contributed by atoms with Crippen LogP contribution in [-0.2, 0) is 4.74 Å². The van der Waals surface area contributed by atoms with Gasteiger partial charge in [0, 0.05) is 20.2 Å². The quantitative estimate of drug-likeness (QED) is 0.773. The van der Waals surface area contributed by atoms with E-state index in [1.165, 1.54) is 6.07 Å². The third kappa shape index (κ3) is 5.06. The summed E-state index contributed by atoms with van der Waals surface area (Å²) >= 11 is 0. The zero-order valence-corrected chi connectivity index (χ0v) is 10.1. The summed E-state index contributed by atoms with van der Waals surface area (Å²) < 4.78 is 30.5. The van der Waals surface area contributed by atoms with Crippen molar-refractivity contribution < 1.29 is 13.5 Å². The van der Waals surface area contributed by atoms with E-state index in [0.717, 1.165) is 18.2 Å². The van der Waals surface area contributed by atoms with Gasteiger partial charge in [0.2, 0.25) is 0 Å². The van der Waals surface area contributed by atoms with Gasteiger partial charge in [-0.05, 0) is 24.6 Å². The zero-order chi connectivity index (χ0) is 12.7. The SMILES string of the molecule is COCCNCC(C)=Cc1ccc(F)c(F)c1. The molecule has 1 rings (SSSR count). The van der Waals surface area contributed by atoms with E-state index in [9.17, 15) is 8.78 Å². The molecule has 1 aromatic rings. The Morgan fingerprint density at radius 1 is 1.35 bits per heavy atom. The highest BCUT2D eigenvalue weighted by atomic mass is 19.2. The second-order valence-electron chi connectivity index (χ2n) is 3.83. The number of nitrogens with one attached hydrogen (secondary N) is 1. The van der Waals surface area contributed by atoms with Gasteiger partial charge in [0.15, 0.2) is 11.6 Å². The topological polar surface area (TPSA) is 21.3 Å². The predicted molar refractivity (Wildman–Crippen MR) is 64.8 cm³/mol. The van der Waals surface area contributed by atoms with Crippen molar-refractivity contribution in [2.75, 3.05) is 26.8 Å². The van der Waals surface area contributed by atoms with Crippen LogP contribution in [0.25, 0.3) is 6.08 Å². The van der Waals surface area contributed by atoms with E-state index in [2.05, 4.69) is 5.32 Å². The van der Waals surface area contributed by atoms with Crippen molar-refractivity contribution in [3.05, 3.63) is 41.0 Å². The molecular formula is C13H17F2NO. The Morgan fingerprint density at radius 2 is 2.12 bits per heavy atom. The smallest absolute Gasteiger partial charge is 0.159 e. The highest BCUT2D eigenvalue weighted by Gasteiger charge is 2.00. The van der Waals surface area contributed by atoms with Crippen LogP contribution in [0.1, 0.15) is 12.5 Å². The summed E-state index contributed by atoms with van der Waals surface area (Å²) in [6, 6.07) is 3.87. The van der Waals surface area contributed by atoms with Gasteiger partial charge in [-0.2, -0.15) is 0 Å². The van der Waals surface area contributed by atoms with Gasteiger partial charge in [0.1, 0.15) is 0 Å². The Labute approximate surface area is 100 Å². The molecule has 0 unspecified atom stereocenters. The molecule has 0 saturated heterocycles. The molecule has 0 atom stereocenters. The maximum atomic E-state index is 12.9. The van der Waals surface area contributed by atoms with Gasteiger partial charge < -0.3 is 10.1 Å². The first-order valence-corrected chi connectivity index (χ1v) is 5.45. The number of hydrogen-bond donors (Lipinski definition) is 1. The first kappa shape index (κ1) is 13.8. The maximum Gasteiger partial charge on any atom is 0.159 e. The molecule has 0 radical (unpaired) electrons. The number of benzene rings is 1. The summed E-state index contributed by atoms with van der Waals surface area (Å²) in [4.78, 5) is 0. The lowest BCUT2D eigenvalue weighted by Gasteiger charge is -2.04. The third-order valence-corrected chi connectivity index (χ3v) is 2.24. The molecule has 2 nitrogen and oxygen atoms in total. The van der Waals surface area contributed by atoms with E-state index < -0.39 is 11.6 Å². The lowest BCUT2D eigenvalue weighted by Crippen LogP contribution is -2.20. The van der Waals surface area contributed by atoms with Crippen LogP contribution in [0.2, 0.25) is 0 Å². The molecule has 0 saturated carbocycles. The minimum Gasteiger partial charge on any atom is -0.383 e. The zero-order valence-electron chi connectivity index (χ0n) is 10.1. The average Bonchev–Trinajstić information content (AvgIpc) is 2.30. The molecule has 0 aliphatic rings. The second-order valence-corrected chi connectivity index (χ2v) is 3.83. The highest BCUT2D eigenvalue weighted by Crippen LogP contribution is 2.11. The van der Waals surface area contributed by atoms with Crippen molar-refractivity contribution in [2.45, 2.75) is 6.92 Å². The van der Waals surface area contributed by atoms with E-state index in [-0.39, 0.29) is 0 Å². The third-order valence-electron chi connectivity index (χ3n) is 2.24. The molecule has 0 heterocycles. The lowest BCUT2D eigenvalue weighted by molar-refractivity contribution is 0.200. The van der Waals surface area contributed by atoms with Crippen molar-refractivity contribution in [3.8, 4) is 0 Å². The average molecular weight is 241 g/mol. The van der Waals surface area contributed by atoms with E-state index in [1.54, 1.807) is 13.2 Å². The molecular weight excluding hydrogens is 224 g/mol. The van der Waals surface area contributed by atoms with Gasteiger partial charge in [-0.1, -0.05) is 17.7 Å². The van der Waals surface area contributed by atoms with E-state index >= 15 is 0 Å². The van der Waals surface area contributed by atoms with Crippen molar-refractivity contribution in [1.82, 2.24) is 5.32 Å². The van der Waals surface area contributed by atoms with E-state index in [1.807, 2.05) is 13.0 Å². The minimum absolute atomic E-state index is 0.651. The van der Waals surface area contributed by atoms with Crippen molar-refractivity contribution >= 4 is 6.08 Å². The molecule has 17 heavy (non-hydrogen) atoms. The largest absolute Gasteiger partial charge is 0.383 e. The Balaban J connectivity index is 2.52. The number of methoxy groups -OCH3 is 1. The fourth-order valence-electron chi connectivity index (χ4n) is 1.40. The maximum absolute atomic E-state index is 12.9. The molecule has 0 aliphatic heterocycles. The predicted octanol–water partition coefficient (Wildman–Crippen LogP) is 2.60. The van der Waals surface area contributed by atoms with Crippen LogP contribution < -0.4 is 5.32 Å². The Kier molecular flexibility index (Phi) is 5.80. The molecule has 0 aromatic heterocycles. The van der Waals surface area contributed by atoms with E-state index in [0.29, 0.717) is 18.7 Å². The summed E-state index contributed by atoms with van der Waals surface area (Å²) in [5.74, 6) is -1.64. The van der Waals surface area contributed by atoms with Crippen LogP contribution >= 0.6 is 0 Å². The highest BCUT2D eigenvalue weighted by molar-refractivity contribution is 5.52. The van der Waals surface area contributed by atoms with Gasteiger partial charge >= 0.3 is 0 Å². The summed E-state index contributed by atoms with van der Waals surface area (Å²) in [6.07, 6.45) is 1.82. The Morgan fingerprint density at radius 3 is 2.76 bits per heavy atom. The molecule has 94 valence electrons. The van der Waals surface area contributed by atoms with Crippen LogP contribution in [0, 0.1) is 11.6 Å². The number of rotatable bonds is 6. The fraction of sp³-hybridized carbons (Fsp3) is 0.385. The summed E-state index contributed by atoms with van der Waals surface area (Å²) in [6.45, 7) is 4.04. The van der Waals surface area contributed by atoms with Crippen LogP contribution in [0.5, 0.6) is 0 Å². The van der Waals surface area contributed by atoms with Gasteiger partial charge in [-0.15, -0.1) is 0 Å². The number of halogens is 2. The summed E-state index contributed by atoms with van der Waals surface area (Å²) in [7, 11) is 1.64. The molecule has 1 aromatic carbocycles. The first-order valence-electron chi connectivity index (χ1n) is 5.45. The van der Waals surface area contributed by atoms with Crippen LogP contribution in [0.15, 0.2) is 23.8 Å². The Bertz CT molecular complexity index is 391. The molecule has 0 amide bonds. The van der Waals surface area contributed by atoms with E-state index in [4.69, 9.17) is 4.74 Å². The van der Waals surface area contributed by atoms with Gasteiger partial charge in [-0.25, -0.2) is 8.78 Å². The first-order chi connectivity index (χ1) is 8.13. The second kappa shape index (κ2) is 7.14. The molecule has 0 aliphatic carbocycles. The molecule has 0 spiro atoms. The van der Waals surface area contributed by atoms with Crippen molar-refractivity contribution in [3.63, 3.8) is 0 Å². The number of hydrogen-bond acceptors (Lipinski definition) is 2. The summed E-state index contributed by atoms with van der Waals surface area (Å²) in [5, 5.41) is 3.17. The summed E-state index contributed by atoms with van der Waals surface area (Å²) in [5.41, 5.74) is 1.71. The van der Waals surface area contributed by atoms with Gasteiger partial charge in [0.25, 0.3) is 0 Å². The monoisotopic (exact) mass is 241 g/mol. The van der Waals surface area contributed by atoms with Crippen molar-refractivity contribution in [2.24, 2.45) is 0 Å². The number of ether oxygens (including phenoxy) is 1.